The van der Waals surface area contributed by atoms with E-state index in [4.69, 9.17) is 26.0 Å². The second kappa shape index (κ2) is 11.2. The minimum atomic E-state index is -0.344. The Morgan fingerprint density at radius 2 is 1.83 bits per heavy atom. The standard InChI is InChI=1S/C22H26ClN3O4/c1-6-30-26-21(23)18-11-15(3)19(12-14(18)2)29-13-16-9-7-8-10-17(16)20(25-28-5)22(27)24-4/h7-12H,6,13H2,1-5H3,(H,24,27). The minimum Gasteiger partial charge on any atom is -0.489 e. The second-order valence-corrected chi connectivity index (χ2v) is 6.74. The van der Waals surface area contributed by atoms with Gasteiger partial charge in [-0.2, -0.15) is 0 Å². The van der Waals surface area contributed by atoms with Crippen LogP contribution in [0.1, 0.15) is 34.7 Å². The summed E-state index contributed by atoms with van der Waals surface area (Å²) < 4.78 is 6.06. The van der Waals surface area contributed by atoms with E-state index in [0.29, 0.717) is 23.1 Å². The fraction of sp³-hybridized carbons (Fsp3) is 0.318. The number of aryl methyl sites for hydroxylation is 2. The lowest BCUT2D eigenvalue weighted by Crippen LogP contribution is -2.29. The minimum absolute atomic E-state index is 0.182. The van der Waals surface area contributed by atoms with Crippen LogP contribution in [0.25, 0.3) is 0 Å². The van der Waals surface area contributed by atoms with Gasteiger partial charge in [0.1, 0.15) is 26.1 Å². The molecule has 1 N–H and O–H groups in total. The summed E-state index contributed by atoms with van der Waals surface area (Å²) in [7, 11) is 2.94. The number of halogens is 1. The number of amides is 1. The van der Waals surface area contributed by atoms with Gasteiger partial charge in [0.2, 0.25) is 0 Å². The Bertz CT molecular complexity index is 957. The van der Waals surface area contributed by atoms with E-state index in [1.165, 1.54) is 7.11 Å². The van der Waals surface area contributed by atoms with Crippen LogP contribution in [0.2, 0.25) is 0 Å². The summed E-state index contributed by atoms with van der Waals surface area (Å²) in [6.45, 7) is 6.38. The average molecular weight is 432 g/mol. The highest BCUT2D eigenvalue weighted by molar-refractivity contribution is 6.69. The molecule has 0 saturated carbocycles. The number of likely N-dealkylation sites (N-methyl/N-ethyl adjacent to an activating group) is 1. The lowest BCUT2D eigenvalue weighted by Gasteiger charge is -2.15. The van der Waals surface area contributed by atoms with Crippen LogP contribution < -0.4 is 10.1 Å². The molecule has 0 saturated heterocycles. The maximum atomic E-state index is 12.2. The molecule has 0 atom stereocenters. The highest BCUT2D eigenvalue weighted by Gasteiger charge is 2.18. The number of rotatable bonds is 9. The van der Waals surface area contributed by atoms with Gasteiger partial charge in [-0.3, -0.25) is 4.79 Å². The van der Waals surface area contributed by atoms with Crippen LogP contribution in [0.4, 0.5) is 0 Å². The molecular formula is C22H26ClN3O4. The third kappa shape index (κ3) is 5.73. The van der Waals surface area contributed by atoms with Gasteiger partial charge < -0.3 is 19.7 Å². The van der Waals surface area contributed by atoms with Gasteiger partial charge >= 0.3 is 0 Å². The third-order valence-electron chi connectivity index (χ3n) is 4.30. The van der Waals surface area contributed by atoms with Crippen molar-refractivity contribution in [3.63, 3.8) is 0 Å². The molecule has 2 rings (SSSR count). The predicted octanol–water partition coefficient (Wildman–Crippen LogP) is 3.92. The third-order valence-corrected chi connectivity index (χ3v) is 4.57. The number of hydrogen-bond acceptors (Lipinski definition) is 6. The molecule has 2 aromatic rings. The molecule has 160 valence electrons. The molecule has 8 heteroatoms. The van der Waals surface area contributed by atoms with Crippen molar-refractivity contribution >= 4 is 28.4 Å². The summed E-state index contributed by atoms with van der Waals surface area (Å²) in [6.07, 6.45) is 0. The predicted molar refractivity (Wildman–Crippen MR) is 118 cm³/mol. The van der Waals surface area contributed by atoms with E-state index in [-0.39, 0.29) is 18.2 Å². The Balaban J connectivity index is 2.29. The van der Waals surface area contributed by atoms with Gasteiger partial charge in [0.25, 0.3) is 5.91 Å². The molecule has 0 bridgehead atoms. The average Bonchev–Trinajstić information content (AvgIpc) is 2.75. The van der Waals surface area contributed by atoms with Crippen molar-refractivity contribution in [3.8, 4) is 5.75 Å². The molecule has 30 heavy (non-hydrogen) atoms. The molecule has 0 aromatic heterocycles. The summed E-state index contributed by atoms with van der Waals surface area (Å²) in [6, 6.07) is 11.2. The Hall–Kier alpha value is -3.06. The van der Waals surface area contributed by atoms with Crippen molar-refractivity contribution in [3.05, 3.63) is 64.2 Å². The van der Waals surface area contributed by atoms with Gasteiger partial charge in [0.05, 0.1) is 0 Å². The van der Waals surface area contributed by atoms with Crippen LogP contribution in [0.15, 0.2) is 46.7 Å². The zero-order valence-corrected chi connectivity index (χ0v) is 18.5. The first-order valence-electron chi connectivity index (χ1n) is 9.44. The van der Waals surface area contributed by atoms with Crippen molar-refractivity contribution in [1.82, 2.24) is 5.32 Å². The summed E-state index contributed by atoms with van der Waals surface area (Å²) in [5.74, 6) is 0.362. The van der Waals surface area contributed by atoms with Gasteiger partial charge in [0, 0.05) is 18.2 Å². The Kier molecular flexibility index (Phi) is 8.68. The number of oxime groups is 2. The second-order valence-electron chi connectivity index (χ2n) is 6.38. The molecule has 2 aromatic carbocycles. The fourth-order valence-corrected chi connectivity index (χ4v) is 3.05. The molecule has 0 radical (unpaired) electrons. The van der Waals surface area contributed by atoms with Crippen molar-refractivity contribution < 1.29 is 19.2 Å². The lowest BCUT2D eigenvalue weighted by atomic mass is 10.0. The first-order chi connectivity index (χ1) is 14.4. The number of hydrogen-bond donors (Lipinski definition) is 1. The van der Waals surface area contributed by atoms with Gasteiger partial charge in [-0.1, -0.05) is 46.2 Å². The zero-order chi connectivity index (χ0) is 22.1. The maximum absolute atomic E-state index is 12.2. The quantitative estimate of drug-likeness (QED) is 0.482. The monoisotopic (exact) mass is 431 g/mol. The zero-order valence-electron chi connectivity index (χ0n) is 17.8. The van der Waals surface area contributed by atoms with Crippen molar-refractivity contribution in [1.29, 1.82) is 0 Å². The van der Waals surface area contributed by atoms with Gasteiger partial charge in [-0.25, -0.2) is 0 Å². The molecule has 0 spiro atoms. The fourth-order valence-electron chi connectivity index (χ4n) is 2.79. The molecule has 0 aliphatic rings. The molecule has 0 unspecified atom stereocenters. The Morgan fingerprint density at radius 1 is 1.10 bits per heavy atom. The van der Waals surface area contributed by atoms with E-state index >= 15 is 0 Å². The first-order valence-corrected chi connectivity index (χ1v) is 9.82. The highest BCUT2D eigenvalue weighted by atomic mass is 35.5. The normalized spacial score (nSPS) is 11.8. The number of nitrogens with one attached hydrogen (secondary N) is 1. The van der Waals surface area contributed by atoms with Crippen LogP contribution >= 0.6 is 11.6 Å². The first kappa shape index (κ1) is 23.2. The van der Waals surface area contributed by atoms with E-state index in [9.17, 15) is 4.79 Å². The number of carbonyl (C=O) groups excluding carboxylic acids is 1. The molecule has 0 heterocycles. The SMILES string of the molecule is CCON=C(Cl)c1cc(C)c(OCc2ccccc2C(=NOC)C(=O)NC)cc1C. The number of benzene rings is 2. The lowest BCUT2D eigenvalue weighted by molar-refractivity contribution is -0.114. The number of nitrogens with zero attached hydrogens (tertiary/aromatic N) is 2. The van der Waals surface area contributed by atoms with E-state index in [2.05, 4.69) is 15.6 Å². The molecule has 7 nitrogen and oxygen atoms in total. The number of ether oxygens (including phenoxy) is 1. The Labute approximate surface area is 181 Å². The Morgan fingerprint density at radius 3 is 2.50 bits per heavy atom. The van der Waals surface area contributed by atoms with E-state index < -0.39 is 0 Å². The van der Waals surface area contributed by atoms with E-state index in [1.807, 2.05) is 51.1 Å². The van der Waals surface area contributed by atoms with E-state index in [1.54, 1.807) is 13.1 Å². The molecular weight excluding hydrogens is 406 g/mol. The summed E-state index contributed by atoms with van der Waals surface area (Å²) in [4.78, 5) is 22.1. The summed E-state index contributed by atoms with van der Waals surface area (Å²) in [5, 5.41) is 10.6. The molecule has 0 aliphatic heterocycles. The highest BCUT2D eigenvalue weighted by Crippen LogP contribution is 2.26. The van der Waals surface area contributed by atoms with Crippen LogP contribution in [0, 0.1) is 13.8 Å². The van der Waals surface area contributed by atoms with Crippen LogP contribution in [-0.2, 0) is 21.1 Å². The topological polar surface area (TPSA) is 81.5 Å². The summed E-state index contributed by atoms with van der Waals surface area (Å²) >= 11 is 6.24. The van der Waals surface area contributed by atoms with Crippen LogP contribution in [-0.4, -0.2) is 37.6 Å². The molecule has 1 amide bonds. The van der Waals surface area contributed by atoms with E-state index in [0.717, 1.165) is 22.3 Å². The van der Waals surface area contributed by atoms with Crippen molar-refractivity contribution in [2.75, 3.05) is 20.8 Å². The largest absolute Gasteiger partial charge is 0.489 e. The van der Waals surface area contributed by atoms with Crippen molar-refractivity contribution in [2.24, 2.45) is 10.3 Å². The van der Waals surface area contributed by atoms with Gasteiger partial charge in [-0.15, -0.1) is 0 Å². The van der Waals surface area contributed by atoms with Crippen LogP contribution in [0.5, 0.6) is 5.75 Å². The van der Waals surface area contributed by atoms with Crippen molar-refractivity contribution in [2.45, 2.75) is 27.4 Å². The molecule has 0 fully saturated rings. The smallest absolute Gasteiger partial charge is 0.273 e. The van der Waals surface area contributed by atoms with Gasteiger partial charge in [0.15, 0.2) is 10.9 Å². The molecule has 0 aliphatic carbocycles. The number of carbonyl (C=O) groups is 1. The summed E-state index contributed by atoms with van der Waals surface area (Å²) in [5.41, 5.74) is 4.20. The van der Waals surface area contributed by atoms with Gasteiger partial charge in [-0.05, 0) is 49.6 Å². The maximum Gasteiger partial charge on any atom is 0.273 e. The van der Waals surface area contributed by atoms with Crippen LogP contribution in [0.3, 0.4) is 0 Å².